The summed E-state index contributed by atoms with van der Waals surface area (Å²) in [4.78, 5) is 23.1. The van der Waals surface area contributed by atoms with Gasteiger partial charge in [-0.3, -0.25) is 9.59 Å². The molecule has 0 saturated heterocycles. The normalized spacial score (nSPS) is 10.3. The Kier molecular flexibility index (Phi) is 5.56. The molecular weight excluding hydrogens is 266 g/mol. The van der Waals surface area contributed by atoms with Crippen LogP contribution in [0.5, 0.6) is 0 Å². The van der Waals surface area contributed by atoms with Gasteiger partial charge in [0.2, 0.25) is 5.91 Å². The van der Waals surface area contributed by atoms with Gasteiger partial charge in [-0.1, -0.05) is 0 Å². The van der Waals surface area contributed by atoms with E-state index in [1.807, 2.05) is 13.8 Å². The highest BCUT2D eigenvalue weighted by Gasteiger charge is 2.19. The molecule has 0 fully saturated rings. The summed E-state index contributed by atoms with van der Waals surface area (Å²) < 4.78 is 3.96. The van der Waals surface area contributed by atoms with Gasteiger partial charge < -0.3 is 21.7 Å². The molecule has 0 aliphatic heterocycles. The van der Waals surface area contributed by atoms with Crippen LogP contribution in [0.1, 0.15) is 30.6 Å². The third-order valence-electron chi connectivity index (χ3n) is 2.28. The quantitative estimate of drug-likeness (QED) is 0.605. The molecule has 2 amide bonds. The second-order valence-electron chi connectivity index (χ2n) is 4.25. The minimum Gasteiger partial charge on any atom is -0.382 e. The van der Waals surface area contributed by atoms with E-state index in [0.717, 1.165) is 11.5 Å². The van der Waals surface area contributed by atoms with Crippen molar-refractivity contribution in [1.29, 1.82) is 0 Å². The van der Waals surface area contributed by atoms with Crippen molar-refractivity contribution in [2.24, 2.45) is 0 Å². The average molecular weight is 285 g/mol. The molecule has 0 aliphatic carbocycles. The van der Waals surface area contributed by atoms with Crippen LogP contribution in [0.3, 0.4) is 0 Å². The minimum atomic E-state index is -0.260. The Bertz CT molecular complexity index is 458. The molecule has 1 rings (SSSR count). The number of nitrogens with one attached hydrogen (secondary N) is 3. The number of anilines is 2. The summed E-state index contributed by atoms with van der Waals surface area (Å²) in [5.74, 6) is -0.132. The van der Waals surface area contributed by atoms with Crippen molar-refractivity contribution >= 4 is 34.2 Å². The third kappa shape index (κ3) is 4.40. The van der Waals surface area contributed by atoms with Gasteiger partial charge in [0, 0.05) is 26.1 Å². The van der Waals surface area contributed by atoms with Gasteiger partial charge in [-0.05, 0) is 25.4 Å². The van der Waals surface area contributed by atoms with E-state index in [4.69, 9.17) is 5.73 Å². The first-order chi connectivity index (χ1) is 8.95. The molecule has 0 radical (unpaired) electrons. The van der Waals surface area contributed by atoms with Crippen LogP contribution >= 0.6 is 11.5 Å². The van der Waals surface area contributed by atoms with Gasteiger partial charge in [0.25, 0.3) is 5.91 Å². The summed E-state index contributed by atoms with van der Waals surface area (Å²) in [5, 5.41) is 8.88. The summed E-state index contributed by atoms with van der Waals surface area (Å²) in [6.45, 7) is 4.16. The molecule has 7 nitrogen and oxygen atoms in total. The fourth-order valence-corrected chi connectivity index (χ4v) is 2.13. The molecule has 0 bridgehead atoms. The molecule has 1 aromatic rings. The summed E-state index contributed by atoms with van der Waals surface area (Å²) in [5.41, 5.74) is 6.04. The fraction of sp³-hybridized carbons (Fsp3) is 0.545. The summed E-state index contributed by atoms with van der Waals surface area (Å²) in [6.07, 6.45) is 0.319. The standard InChI is InChI=1S/C11H19N5O2S/c1-6(2)15-10(18)8-9(12)16-19-11(8)14-5-4-7(17)13-3/h6,14H,4-5H2,1-3H3,(H2,12,16)(H,13,17)(H,15,18). The maximum Gasteiger partial charge on any atom is 0.258 e. The van der Waals surface area contributed by atoms with E-state index in [1.54, 1.807) is 7.05 Å². The number of carbonyl (C=O) groups is 2. The molecular formula is C11H19N5O2S. The highest BCUT2D eigenvalue weighted by Crippen LogP contribution is 2.26. The van der Waals surface area contributed by atoms with Crippen molar-refractivity contribution < 1.29 is 9.59 Å². The molecule has 8 heteroatoms. The smallest absolute Gasteiger partial charge is 0.258 e. The van der Waals surface area contributed by atoms with Gasteiger partial charge in [0.15, 0.2) is 5.82 Å². The highest BCUT2D eigenvalue weighted by atomic mass is 32.1. The zero-order valence-electron chi connectivity index (χ0n) is 11.2. The van der Waals surface area contributed by atoms with E-state index in [0.29, 0.717) is 23.5 Å². The molecule has 1 heterocycles. The molecule has 19 heavy (non-hydrogen) atoms. The number of nitrogens with zero attached hydrogens (tertiary/aromatic N) is 1. The Morgan fingerprint density at radius 3 is 2.68 bits per heavy atom. The summed E-state index contributed by atoms with van der Waals surface area (Å²) in [6, 6.07) is 0.0190. The molecule has 0 unspecified atom stereocenters. The Hall–Kier alpha value is -1.83. The lowest BCUT2D eigenvalue weighted by Gasteiger charge is -2.10. The predicted molar refractivity (Wildman–Crippen MR) is 76.3 cm³/mol. The van der Waals surface area contributed by atoms with E-state index >= 15 is 0 Å². The first kappa shape index (κ1) is 15.2. The summed E-state index contributed by atoms with van der Waals surface area (Å²) in [7, 11) is 1.58. The second-order valence-corrected chi connectivity index (χ2v) is 5.02. The molecule has 0 atom stereocenters. The molecule has 0 spiro atoms. The zero-order valence-corrected chi connectivity index (χ0v) is 12.1. The van der Waals surface area contributed by atoms with E-state index in [2.05, 4.69) is 20.3 Å². The average Bonchev–Trinajstić information content (AvgIpc) is 2.69. The number of rotatable bonds is 6. The fourth-order valence-electron chi connectivity index (χ4n) is 1.39. The number of aromatic nitrogens is 1. The van der Waals surface area contributed by atoms with Gasteiger partial charge in [-0.2, -0.15) is 4.37 Å². The van der Waals surface area contributed by atoms with Crippen LogP contribution in [0.4, 0.5) is 10.8 Å². The van der Waals surface area contributed by atoms with Crippen LogP contribution in [-0.2, 0) is 4.79 Å². The van der Waals surface area contributed by atoms with Crippen molar-refractivity contribution in [3.63, 3.8) is 0 Å². The van der Waals surface area contributed by atoms with Crippen molar-refractivity contribution in [2.45, 2.75) is 26.3 Å². The predicted octanol–water partition coefficient (Wildman–Crippen LogP) is 0.412. The lowest BCUT2D eigenvalue weighted by atomic mass is 10.2. The lowest BCUT2D eigenvalue weighted by molar-refractivity contribution is -0.120. The Labute approximate surface area is 116 Å². The molecule has 5 N–H and O–H groups in total. The number of nitrogens with two attached hydrogens (primary N) is 1. The lowest BCUT2D eigenvalue weighted by Crippen LogP contribution is -2.31. The molecule has 106 valence electrons. The Morgan fingerprint density at radius 2 is 2.11 bits per heavy atom. The third-order valence-corrected chi connectivity index (χ3v) is 3.10. The van der Waals surface area contributed by atoms with Gasteiger partial charge in [0.05, 0.1) is 0 Å². The van der Waals surface area contributed by atoms with Crippen LogP contribution in [0, 0.1) is 0 Å². The number of amides is 2. The van der Waals surface area contributed by atoms with Crippen LogP contribution in [0.2, 0.25) is 0 Å². The van der Waals surface area contributed by atoms with E-state index in [-0.39, 0.29) is 23.7 Å². The highest BCUT2D eigenvalue weighted by molar-refractivity contribution is 7.11. The number of hydrogen-bond acceptors (Lipinski definition) is 6. The molecule has 0 aromatic carbocycles. The van der Waals surface area contributed by atoms with Crippen LogP contribution in [0.15, 0.2) is 0 Å². The van der Waals surface area contributed by atoms with Crippen LogP contribution in [0.25, 0.3) is 0 Å². The maximum atomic E-state index is 12.0. The maximum absolute atomic E-state index is 12.0. The second kappa shape index (κ2) is 6.93. The van der Waals surface area contributed by atoms with Gasteiger partial charge in [0.1, 0.15) is 10.6 Å². The Balaban J connectivity index is 2.69. The number of hydrogen-bond donors (Lipinski definition) is 4. The van der Waals surface area contributed by atoms with Gasteiger partial charge in [-0.15, -0.1) is 0 Å². The van der Waals surface area contributed by atoms with E-state index < -0.39 is 0 Å². The van der Waals surface area contributed by atoms with Gasteiger partial charge >= 0.3 is 0 Å². The van der Waals surface area contributed by atoms with Gasteiger partial charge in [-0.25, -0.2) is 0 Å². The monoisotopic (exact) mass is 285 g/mol. The van der Waals surface area contributed by atoms with Crippen molar-refractivity contribution in [2.75, 3.05) is 24.6 Å². The van der Waals surface area contributed by atoms with Crippen molar-refractivity contribution in [1.82, 2.24) is 15.0 Å². The SMILES string of the molecule is CNC(=O)CCNc1snc(N)c1C(=O)NC(C)C. The number of carbonyl (C=O) groups excluding carboxylic acids is 2. The first-order valence-electron chi connectivity index (χ1n) is 5.96. The van der Waals surface area contributed by atoms with Crippen molar-refractivity contribution in [3.05, 3.63) is 5.56 Å². The molecule has 0 saturated carbocycles. The molecule has 0 aliphatic rings. The Morgan fingerprint density at radius 1 is 1.42 bits per heavy atom. The minimum absolute atomic E-state index is 0.0190. The zero-order chi connectivity index (χ0) is 14.4. The van der Waals surface area contributed by atoms with Crippen molar-refractivity contribution in [3.8, 4) is 0 Å². The van der Waals surface area contributed by atoms with E-state index in [1.165, 1.54) is 0 Å². The summed E-state index contributed by atoms with van der Waals surface area (Å²) >= 11 is 1.11. The number of nitrogen functional groups attached to an aromatic ring is 1. The van der Waals surface area contributed by atoms with Crippen LogP contribution in [-0.4, -0.2) is 35.8 Å². The first-order valence-corrected chi connectivity index (χ1v) is 6.73. The van der Waals surface area contributed by atoms with Crippen LogP contribution < -0.4 is 21.7 Å². The van der Waals surface area contributed by atoms with E-state index in [9.17, 15) is 9.59 Å². The topological polar surface area (TPSA) is 109 Å². The molecule has 1 aromatic heterocycles. The largest absolute Gasteiger partial charge is 0.382 e.